The molecular weight excluding hydrogens is 228 g/mol. The molecule has 2 saturated heterocycles. The molecule has 2 aliphatic heterocycles. The van der Waals surface area contributed by atoms with Crippen molar-refractivity contribution in [1.82, 2.24) is 9.80 Å². The second-order valence-electron chi connectivity index (χ2n) is 5.35. The van der Waals surface area contributed by atoms with Crippen LogP contribution in [0.25, 0.3) is 0 Å². The average Bonchev–Trinajstić information content (AvgIpc) is 2.45. The number of ether oxygens (including phenoxy) is 1. The largest absolute Gasteiger partial charge is 0.379 e. The van der Waals surface area contributed by atoms with Gasteiger partial charge in [0.2, 0.25) is 5.91 Å². The predicted octanol–water partition coefficient (Wildman–Crippen LogP) is 1.50. The second-order valence-corrected chi connectivity index (χ2v) is 5.35. The van der Waals surface area contributed by atoms with Gasteiger partial charge in [-0.2, -0.15) is 0 Å². The molecule has 0 saturated carbocycles. The lowest BCUT2D eigenvalue weighted by atomic mass is 9.99. The van der Waals surface area contributed by atoms with Crippen molar-refractivity contribution in [2.75, 3.05) is 39.4 Å². The fourth-order valence-electron chi connectivity index (χ4n) is 2.98. The van der Waals surface area contributed by atoms with Crippen LogP contribution < -0.4 is 0 Å². The van der Waals surface area contributed by atoms with Crippen molar-refractivity contribution in [3.63, 3.8) is 0 Å². The highest BCUT2D eigenvalue weighted by Crippen LogP contribution is 2.20. The fourth-order valence-corrected chi connectivity index (χ4v) is 2.98. The van der Waals surface area contributed by atoms with Crippen molar-refractivity contribution >= 4 is 5.91 Å². The summed E-state index contributed by atoms with van der Waals surface area (Å²) in [5.41, 5.74) is 0. The van der Waals surface area contributed by atoms with Crippen LogP contribution in [0.2, 0.25) is 0 Å². The predicted molar refractivity (Wildman–Crippen MR) is 71.5 cm³/mol. The van der Waals surface area contributed by atoms with Crippen molar-refractivity contribution < 1.29 is 9.53 Å². The van der Waals surface area contributed by atoms with E-state index in [0.717, 1.165) is 45.8 Å². The molecule has 0 spiro atoms. The monoisotopic (exact) mass is 254 g/mol. The van der Waals surface area contributed by atoms with E-state index in [9.17, 15) is 4.79 Å². The Morgan fingerprint density at radius 3 is 2.72 bits per heavy atom. The van der Waals surface area contributed by atoms with Gasteiger partial charge in [-0.05, 0) is 25.7 Å². The zero-order valence-electron chi connectivity index (χ0n) is 11.6. The molecule has 104 valence electrons. The normalized spacial score (nSPS) is 26.3. The first kappa shape index (κ1) is 13.8. The number of carbonyl (C=O) groups is 1. The highest BCUT2D eigenvalue weighted by atomic mass is 16.5. The molecule has 4 nitrogen and oxygen atoms in total. The summed E-state index contributed by atoms with van der Waals surface area (Å²) < 4.78 is 5.32. The number of hydrogen-bond donors (Lipinski definition) is 0. The molecule has 2 heterocycles. The Morgan fingerprint density at radius 2 is 2.00 bits per heavy atom. The summed E-state index contributed by atoms with van der Waals surface area (Å²) in [7, 11) is 0. The van der Waals surface area contributed by atoms with E-state index in [4.69, 9.17) is 4.74 Å². The summed E-state index contributed by atoms with van der Waals surface area (Å²) in [6.07, 6.45) is 5.44. The number of carbonyl (C=O) groups excluding carboxylic acids is 1. The maximum absolute atomic E-state index is 12.3. The number of hydrogen-bond acceptors (Lipinski definition) is 3. The Morgan fingerprint density at radius 1 is 1.22 bits per heavy atom. The standard InChI is InChI=1S/C14H26N2O2/c1-2-13-5-3-4-7-16(13)14(17)6-8-15-9-11-18-12-10-15/h13H,2-12H2,1H3. The van der Waals surface area contributed by atoms with Crippen LogP contribution in [-0.2, 0) is 9.53 Å². The number of likely N-dealkylation sites (tertiary alicyclic amines) is 1. The van der Waals surface area contributed by atoms with Crippen LogP contribution >= 0.6 is 0 Å². The van der Waals surface area contributed by atoms with Crippen LogP contribution in [0, 0.1) is 0 Å². The zero-order valence-corrected chi connectivity index (χ0v) is 11.6. The lowest BCUT2D eigenvalue weighted by molar-refractivity contribution is -0.135. The first-order valence-corrected chi connectivity index (χ1v) is 7.41. The molecule has 2 aliphatic rings. The van der Waals surface area contributed by atoms with E-state index in [-0.39, 0.29) is 0 Å². The number of rotatable bonds is 4. The molecule has 1 atom stereocenters. The molecule has 1 amide bonds. The number of amides is 1. The first-order valence-electron chi connectivity index (χ1n) is 7.41. The highest BCUT2D eigenvalue weighted by Gasteiger charge is 2.25. The SMILES string of the molecule is CCC1CCCCN1C(=O)CCN1CCOCC1. The maximum Gasteiger partial charge on any atom is 0.224 e. The minimum Gasteiger partial charge on any atom is -0.379 e. The molecule has 0 aromatic carbocycles. The van der Waals surface area contributed by atoms with Crippen molar-refractivity contribution in [3.05, 3.63) is 0 Å². The van der Waals surface area contributed by atoms with Crippen molar-refractivity contribution in [1.29, 1.82) is 0 Å². The molecule has 4 heteroatoms. The minimum absolute atomic E-state index is 0.355. The molecule has 0 radical (unpaired) electrons. The van der Waals surface area contributed by atoms with E-state index in [1.54, 1.807) is 0 Å². The van der Waals surface area contributed by atoms with Gasteiger partial charge in [0.1, 0.15) is 0 Å². The Kier molecular flexibility index (Phi) is 5.45. The van der Waals surface area contributed by atoms with E-state index < -0.39 is 0 Å². The summed E-state index contributed by atoms with van der Waals surface area (Å²) in [5, 5.41) is 0. The number of nitrogens with zero attached hydrogens (tertiary/aromatic N) is 2. The van der Waals surface area contributed by atoms with Crippen LogP contribution in [-0.4, -0.2) is 61.1 Å². The van der Waals surface area contributed by atoms with Gasteiger partial charge in [-0.15, -0.1) is 0 Å². The van der Waals surface area contributed by atoms with Gasteiger partial charge in [-0.3, -0.25) is 9.69 Å². The van der Waals surface area contributed by atoms with Crippen molar-refractivity contribution in [3.8, 4) is 0 Å². The maximum atomic E-state index is 12.3. The Hall–Kier alpha value is -0.610. The van der Waals surface area contributed by atoms with Gasteiger partial charge >= 0.3 is 0 Å². The van der Waals surface area contributed by atoms with Gasteiger partial charge in [0.15, 0.2) is 0 Å². The molecule has 1 unspecified atom stereocenters. The summed E-state index contributed by atoms with van der Waals surface area (Å²) in [6, 6.07) is 0.496. The van der Waals surface area contributed by atoms with E-state index in [1.165, 1.54) is 19.3 Å². The quantitative estimate of drug-likeness (QED) is 0.762. The molecular formula is C14H26N2O2. The number of morpholine rings is 1. The van der Waals surface area contributed by atoms with E-state index >= 15 is 0 Å². The Bertz CT molecular complexity index is 265. The molecule has 0 aliphatic carbocycles. The Balaban J connectivity index is 1.75. The second kappa shape index (κ2) is 7.10. The minimum atomic E-state index is 0.355. The zero-order chi connectivity index (χ0) is 12.8. The topological polar surface area (TPSA) is 32.8 Å². The lowest BCUT2D eigenvalue weighted by Gasteiger charge is -2.36. The Labute approximate surface area is 110 Å². The van der Waals surface area contributed by atoms with Gasteiger partial charge in [-0.1, -0.05) is 6.92 Å². The molecule has 0 bridgehead atoms. The van der Waals surface area contributed by atoms with Crippen LogP contribution in [0.1, 0.15) is 39.0 Å². The first-order chi connectivity index (χ1) is 8.81. The molecule has 0 aromatic heterocycles. The molecule has 2 fully saturated rings. The van der Waals surface area contributed by atoms with E-state index in [2.05, 4.69) is 16.7 Å². The summed E-state index contributed by atoms with van der Waals surface area (Å²) in [6.45, 7) is 7.65. The van der Waals surface area contributed by atoms with Gasteiger partial charge in [0.05, 0.1) is 13.2 Å². The average molecular weight is 254 g/mol. The molecule has 18 heavy (non-hydrogen) atoms. The van der Waals surface area contributed by atoms with Crippen molar-refractivity contribution in [2.24, 2.45) is 0 Å². The number of piperidine rings is 1. The highest BCUT2D eigenvalue weighted by molar-refractivity contribution is 5.76. The van der Waals surface area contributed by atoms with Crippen LogP contribution in [0.5, 0.6) is 0 Å². The van der Waals surface area contributed by atoms with E-state index in [1.807, 2.05) is 0 Å². The third kappa shape index (κ3) is 3.69. The van der Waals surface area contributed by atoms with E-state index in [0.29, 0.717) is 18.4 Å². The fraction of sp³-hybridized carbons (Fsp3) is 0.929. The van der Waals surface area contributed by atoms with Crippen LogP contribution in [0.15, 0.2) is 0 Å². The molecule has 0 aromatic rings. The van der Waals surface area contributed by atoms with Gasteiger partial charge < -0.3 is 9.64 Å². The van der Waals surface area contributed by atoms with Crippen LogP contribution in [0.3, 0.4) is 0 Å². The van der Waals surface area contributed by atoms with Crippen molar-refractivity contribution in [2.45, 2.75) is 45.1 Å². The van der Waals surface area contributed by atoms with Gasteiger partial charge in [-0.25, -0.2) is 0 Å². The summed E-state index contributed by atoms with van der Waals surface area (Å²) in [4.78, 5) is 16.7. The third-order valence-corrected chi connectivity index (χ3v) is 4.16. The van der Waals surface area contributed by atoms with Gasteiger partial charge in [0.25, 0.3) is 0 Å². The van der Waals surface area contributed by atoms with Crippen LogP contribution in [0.4, 0.5) is 0 Å². The summed E-state index contributed by atoms with van der Waals surface area (Å²) in [5.74, 6) is 0.355. The smallest absolute Gasteiger partial charge is 0.224 e. The lowest BCUT2D eigenvalue weighted by Crippen LogP contribution is -2.45. The third-order valence-electron chi connectivity index (χ3n) is 4.16. The van der Waals surface area contributed by atoms with Gasteiger partial charge in [0, 0.05) is 38.6 Å². The summed E-state index contributed by atoms with van der Waals surface area (Å²) >= 11 is 0. The molecule has 2 rings (SSSR count). The molecule has 0 N–H and O–H groups in total.